The zero-order valence-electron chi connectivity index (χ0n) is 17.5. The molecule has 0 aromatic rings. The van der Waals surface area contributed by atoms with Crippen LogP contribution in [0.3, 0.4) is 0 Å². The summed E-state index contributed by atoms with van der Waals surface area (Å²) in [4.78, 5) is 0. The monoisotopic (exact) mass is 374 g/mol. The highest BCUT2D eigenvalue weighted by Crippen LogP contribution is 2.63. The van der Waals surface area contributed by atoms with Crippen LogP contribution in [0.25, 0.3) is 0 Å². The molecule has 2 saturated carbocycles. The molecule has 0 aliphatic heterocycles. The Morgan fingerprint density at radius 3 is 2.62 bits per heavy atom. The smallest absolute Gasteiger partial charge is 0.184 e. The highest BCUT2D eigenvalue weighted by molar-refractivity contribution is 6.69. The van der Waals surface area contributed by atoms with Gasteiger partial charge in [0, 0.05) is 6.42 Å². The molecule has 0 spiro atoms. The quantitative estimate of drug-likeness (QED) is 0.537. The molecule has 26 heavy (non-hydrogen) atoms. The van der Waals surface area contributed by atoms with E-state index in [1.54, 1.807) is 5.57 Å². The molecule has 0 bridgehead atoms. The predicted molar refractivity (Wildman–Crippen MR) is 110 cm³/mol. The third-order valence-corrected chi connectivity index (χ3v) is 9.14. The van der Waals surface area contributed by atoms with Crippen molar-refractivity contribution in [3.63, 3.8) is 0 Å². The lowest BCUT2D eigenvalue weighted by Gasteiger charge is -2.54. The first-order valence-electron chi connectivity index (χ1n) is 11.0. The van der Waals surface area contributed by atoms with Crippen LogP contribution in [0, 0.1) is 29.1 Å². The van der Waals surface area contributed by atoms with Crippen LogP contribution in [0.5, 0.6) is 0 Å². The Kier molecular flexibility index (Phi) is 4.92. The van der Waals surface area contributed by atoms with Crippen molar-refractivity contribution in [3.8, 4) is 0 Å². The lowest BCUT2D eigenvalue weighted by Crippen LogP contribution is -2.50. The number of methoxy groups -OCH3 is 1. The highest BCUT2D eigenvalue weighted by atomic mass is 28.4. The number of ether oxygens (including phenoxy) is 1. The first kappa shape index (κ1) is 18.8. The van der Waals surface area contributed by atoms with Gasteiger partial charge in [-0.05, 0) is 105 Å². The molecule has 4 rings (SSSR count). The first-order chi connectivity index (χ1) is 12.4. The molecule has 6 atom stereocenters. The van der Waals surface area contributed by atoms with Crippen molar-refractivity contribution in [1.29, 1.82) is 0 Å². The van der Waals surface area contributed by atoms with Crippen molar-refractivity contribution in [2.75, 3.05) is 7.11 Å². The minimum atomic E-state index is -1.48. The normalized spacial score (nSPS) is 42.3. The fraction of sp³-hybridized carbons (Fsp3) is 0.826. The molecule has 0 amide bonds. The van der Waals surface area contributed by atoms with Gasteiger partial charge < -0.3 is 9.16 Å². The number of hydrogen-bond donors (Lipinski definition) is 0. The van der Waals surface area contributed by atoms with Crippen molar-refractivity contribution in [2.24, 2.45) is 29.1 Å². The summed E-state index contributed by atoms with van der Waals surface area (Å²) in [6.45, 7) is 9.55. The van der Waals surface area contributed by atoms with Gasteiger partial charge in [0.05, 0.1) is 19.0 Å². The molecular weight excluding hydrogens is 336 g/mol. The van der Waals surface area contributed by atoms with Crippen molar-refractivity contribution >= 4 is 8.32 Å². The summed E-state index contributed by atoms with van der Waals surface area (Å²) in [7, 11) is 0.346. The van der Waals surface area contributed by atoms with Crippen LogP contribution >= 0.6 is 0 Å². The lowest BCUT2D eigenvalue weighted by molar-refractivity contribution is -0.0539. The van der Waals surface area contributed by atoms with Gasteiger partial charge in [-0.25, -0.2) is 0 Å². The third-order valence-electron chi connectivity index (χ3n) is 8.15. The van der Waals surface area contributed by atoms with E-state index in [0.29, 0.717) is 11.5 Å². The van der Waals surface area contributed by atoms with Crippen LogP contribution in [-0.4, -0.2) is 21.5 Å². The van der Waals surface area contributed by atoms with Crippen molar-refractivity contribution < 1.29 is 9.16 Å². The Hall–Kier alpha value is -0.543. The zero-order chi connectivity index (χ0) is 18.5. The maximum atomic E-state index is 6.77. The Labute approximate surface area is 161 Å². The second kappa shape index (κ2) is 6.81. The summed E-state index contributed by atoms with van der Waals surface area (Å²) in [6, 6.07) is 0. The van der Waals surface area contributed by atoms with Crippen LogP contribution in [0.1, 0.15) is 58.3 Å². The molecule has 0 aromatic carbocycles. The molecule has 6 unspecified atom stereocenters. The Morgan fingerprint density at radius 1 is 1.12 bits per heavy atom. The van der Waals surface area contributed by atoms with Gasteiger partial charge in [-0.3, -0.25) is 0 Å². The minimum Gasteiger partial charge on any atom is -0.501 e. The Bertz CT molecular complexity index is 602. The zero-order valence-corrected chi connectivity index (χ0v) is 18.5. The average Bonchev–Trinajstić information content (AvgIpc) is 2.98. The van der Waals surface area contributed by atoms with E-state index >= 15 is 0 Å². The van der Waals surface area contributed by atoms with E-state index in [1.807, 2.05) is 7.11 Å². The van der Waals surface area contributed by atoms with E-state index in [4.69, 9.17) is 9.16 Å². The molecule has 0 aromatic heterocycles. The number of rotatable bonds is 4. The summed E-state index contributed by atoms with van der Waals surface area (Å²) in [5.74, 6) is 4.66. The maximum absolute atomic E-state index is 6.77. The fourth-order valence-electron chi connectivity index (χ4n) is 7.12. The molecular formula is C23H38O2Si. The molecule has 0 N–H and O–H groups in total. The van der Waals surface area contributed by atoms with Crippen LogP contribution < -0.4 is 0 Å². The van der Waals surface area contributed by atoms with Crippen LogP contribution in [0.4, 0.5) is 0 Å². The summed E-state index contributed by atoms with van der Waals surface area (Å²) in [5, 5.41) is 0. The second-order valence-corrected chi connectivity index (χ2v) is 14.7. The van der Waals surface area contributed by atoms with E-state index in [2.05, 4.69) is 38.7 Å². The van der Waals surface area contributed by atoms with Crippen molar-refractivity contribution in [1.82, 2.24) is 0 Å². The molecule has 4 aliphatic carbocycles. The highest BCUT2D eigenvalue weighted by Gasteiger charge is 2.58. The van der Waals surface area contributed by atoms with Crippen molar-refractivity contribution in [2.45, 2.75) is 84.0 Å². The van der Waals surface area contributed by atoms with Gasteiger partial charge >= 0.3 is 0 Å². The minimum absolute atomic E-state index is 0.467. The van der Waals surface area contributed by atoms with Gasteiger partial charge in [-0.15, -0.1) is 0 Å². The number of fused-ring (bicyclic) bond motifs is 5. The van der Waals surface area contributed by atoms with Gasteiger partial charge in [0.2, 0.25) is 0 Å². The topological polar surface area (TPSA) is 18.5 Å². The maximum Gasteiger partial charge on any atom is 0.184 e. The van der Waals surface area contributed by atoms with E-state index in [1.165, 1.54) is 50.7 Å². The molecule has 0 radical (unpaired) electrons. The Balaban J connectivity index is 1.59. The van der Waals surface area contributed by atoms with Crippen LogP contribution in [0.15, 0.2) is 23.5 Å². The molecule has 0 heterocycles. The van der Waals surface area contributed by atoms with Crippen LogP contribution in [-0.2, 0) is 9.16 Å². The molecule has 0 saturated heterocycles. The fourth-order valence-corrected chi connectivity index (χ4v) is 8.33. The SMILES string of the molecule is CCC12CCC3C4CCC(OC)=CC4=CCC3C1CCC2O[Si](C)(C)C. The first-order valence-corrected chi connectivity index (χ1v) is 14.4. The predicted octanol–water partition coefficient (Wildman–Crippen LogP) is 6.31. The summed E-state index contributed by atoms with van der Waals surface area (Å²) in [6.07, 6.45) is 16.0. The standard InChI is InChI=1S/C23H38O2Si/c1-6-23-14-13-19-18-10-8-17(24-2)15-16(18)7-9-20(19)21(23)11-12-22(23)25-26(3,4)5/h7,15,18-22H,6,8-14H2,1-5H3. The van der Waals surface area contributed by atoms with Gasteiger partial charge in [-0.1, -0.05) is 13.0 Å². The molecule has 2 nitrogen and oxygen atoms in total. The molecule has 3 heteroatoms. The van der Waals surface area contributed by atoms with E-state index in [9.17, 15) is 0 Å². The number of allylic oxidation sites excluding steroid dienone is 4. The second-order valence-electron chi connectivity index (χ2n) is 10.3. The van der Waals surface area contributed by atoms with Crippen LogP contribution in [0.2, 0.25) is 19.6 Å². The lowest BCUT2D eigenvalue weighted by atomic mass is 9.52. The van der Waals surface area contributed by atoms with E-state index in [-0.39, 0.29) is 0 Å². The number of hydrogen-bond acceptors (Lipinski definition) is 2. The largest absolute Gasteiger partial charge is 0.501 e. The van der Waals surface area contributed by atoms with Crippen molar-refractivity contribution in [3.05, 3.63) is 23.5 Å². The van der Waals surface area contributed by atoms with Gasteiger partial charge in [0.15, 0.2) is 8.32 Å². The molecule has 4 aliphatic rings. The van der Waals surface area contributed by atoms with Gasteiger partial charge in [0.25, 0.3) is 0 Å². The summed E-state index contributed by atoms with van der Waals surface area (Å²) in [5.41, 5.74) is 2.06. The van der Waals surface area contributed by atoms with Gasteiger partial charge in [-0.2, -0.15) is 0 Å². The molecule has 146 valence electrons. The van der Waals surface area contributed by atoms with Gasteiger partial charge in [0.1, 0.15) is 0 Å². The van der Waals surface area contributed by atoms with E-state index < -0.39 is 8.32 Å². The average molecular weight is 375 g/mol. The summed E-state index contributed by atoms with van der Waals surface area (Å²) >= 11 is 0. The third kappa shape index (κ3) is 3.03. The summed E-state index contributed by atoms with van der Waals surface area (Å²) < 4.78 is 12.3. The Morgan fingerprint density at radius 2 is 1.92 bits per heavy atom. The van der Waals surface area contributed by atoms with E-state index in [0.717, 1.165) is 30.1 Å². The molecule has 2 fully saturated rings.